The minimum Gasteiger partial charge on any atom is -0.379 e. The van der Waals surface area contributed by atoms with Crippen LogP contribution >= 0.6 is 12.4 Å². The highest BCUT2D eigenvalue weighted by Crippen LogP contribution is 2.34. The molecular formula is C20H27ClF3N3O2. The highest BCUT2D eigenvalue weighted by Gasteiger charge is 2.39. The number of amides is 1. The van der Waals surface area contributed by atoms with Crippen LogP contribution in [-0.2, 0) is 15.7 Å². The van der Waals surface area contributed by atoms with Gasteiger partial charge < -0.3 is 20.3 Å². The third-order valence-electron chi connectivity index (χ3n) is 6.10. The number of alkyl halides is 3. The van der Waals surface area contributed by atoms with Gasteiger partial charge in [0.2, 0.25) is 5.91 Å². The summed E-state index contributed by atoms with van der Waals surface area (Å²) < 4.78 is 44.6. The van der Waals surface area contributed by atoms with Gasteiger partial charge in [-0.05, 0) is 37.0 Å². The Morgan fingerprint density at radius 1 is 1.24 bits per heavy atom. The van der Waals surface area contributed by atoms with Crippen molar-refractivity contribution >= 4 is 24.0 Å². The molecule has 3 fully saturated rings. The minimum atomic E-state index is -4.41. The Labute approximate surface area is 174 Å². The molecule has 0 bridgehead atoms. The zero-order valence-corrected chi connectivity index (χ0v) is 16.9. The van der Waals surface area contributed by atoms with Gasteiger partial charge in [0.15, 0.2) is 0 Å². The van der Waals surface area contributed by atoms with E-state index >= 15 is 0 Å². The summed E-state index contributed by atoms with van der Waals surface area (Å²) in [6.07, 6.45) is -0.789. The first-order chi connectivity index (χ1) is 13.4. The quantitative estimate of drug-likeness (QED) is 0.766. The van der Waals surface area contributed by atoms with Gasteiger partial charge in [-0.2, -0.15) is 13.2 Å². The Morgan fingerprint density at radius 3 is 2.79 bits per heavy atom. The zero-order valence-electron chi connectivity index (χ0n) is 16.1. The molecule has 2 aliphatic heterocycles. The second-order valence-electron chi connectivity index (χ2n) is 7.96. The van der Waals surface area contributed by atoms with Gasteiger partial charge in [-0.15, -0.1) is 12.4 Å². The molecule has 5 nitrogen and oxygen atoms in total. The van der Waals surface area contributed by atoms with Crippen LogP contribution in [0.25, 0.3) is 0 Å². The fourth-order valence-electron chi connectivity index (χ4n) is 4.76. The van der Waals surface area contributed by atoms with Crippen molar-refractivity contribution in [1.29, 1.82) is 0 Å². The maximum atomic E-state index is 13.0. The molecule has 1 saturated carbocycles. The van der Waals surface area contributed by atoms with E-state index in [1.807, 2.05) is 0 Å². The fraction of sp³-hybridized carbons (Fsp3) is 0.650. The summed E-state index contributed by atoms with van der Waals surface area (Å²) in [5, 5.41) is 7.15. The smallest absolute Gasteiger partial charge is 0.379 e. The number of ether oxygens (including phenoxy) is 1. The lowest BCUT2D eigenvalue weighted by molar-refractivity contribution is -0.137. The van der Waals surface area contributed by atoms with Crippen molar-refractivity contribution in [2.24, 2.45) is 5.92 Å². The summed E-state index contributed by atoms with van der Waals surface area (Å²) in [6.45, 7) is 2.71. The normalized spacial score (nSPS) is 30.4. The van der Waals surface area contributed by atoms with E-state index in [0.717, 1.165) is 44.5 Å². The van der Waals surface area contributed by atoms with Gasteiger partial charge in [-0.3, -0.25) is 4.79 Å². The van der Waals surface area contributed by atoms with E-state index in [-0.39, 0.29) is 24.4 Å². The lowest BCUT2D eigenvalue weighted by Crippen LogP contribution is -2.52. The monoisotopic (exact) mass is 433 g/mol. The zero-order chi connectivity index (χ0) is 19.7. The van der Waals surface area contributed by atoms with Crippen LogP contribution in [-0.4, -0.2) is 50.3 Å². The predicted molar refractivity (Wildman–Crippen MR) is 106 cm³/mol. The average molecular weight is 434 g/mol. The van der Waals surface area contributed by atoms with Gasteiger partial charge in [0, 0.05) is 43.3 Å². The van der Waals surface area contributed by atoms with Crippen molar-refractivity contribution in [2.45, 2.75) is 50.0 Å². The third-order valence-corrected chi connectivity index (χ3v) is 6.10. The number of carbonyl (C=O) groups excluding carboxylic acids is 1. The fourth-order valence-corrected chi connectivity index (χ4v) is 4.76. The van der Waals surface area contributed by atoms with Crippen LogP contribution in [0.5, 0.6) is 0 Å². The van der Waals surface area contributed by atoms with E-state index < -0.39 is 11.7 Å². The van der Waals surface area contributed by atoms with E-state index in [2.05, 4.69) is 10.6 Å². The van der Waals surface area contributed by atoms with Crippen LogP contribution < -0.4 is 15.5 Å². The number of rotatable bonds is 4. The van der Waals surface area contributed by atoms with Crippen LogP contribution in [0.3, 0.4) is 0 Å². The van der Waals surface area contributed by atoms with E-state index in [9.17, 15) is 18.0 Å². The van der Waals surface area contributed by atoms with Crippen molar-refractivity contribution < 1.29 is 22.7 Å². The van der Waals surface area contributed by atoms with Gasteiger partial charge >= 0.3 is 6.18 Å². The number of nitrogens with zero attached hydrogens (tertiary/aromatic N) is 1. The molecule has 4 unspecified atom stereocenters. The molecule has 4 atom stereocenters. The molecule has 1 aromatic rings. The molecule has 3 aliphatic rings. The highest BCUT2D eigenvalue weighted by molar-refractivity contribution is 5.96. The largest absolute Gasteiger partial charge is 0.416 e. The number of carbonyl (C=O) groups is 1. The Bertz CT molecular complexity index is 712. The molecule has 0 spiro atoms. The number of halogens is 4. The van der Waals surface area contributed by atoms with Gasteiger partial charge in [0.05, 0.1) is 18.8 Å². The van der Waals surface area contributed by atoms with Crippen molar-refractivity contribution in [2.75, 3.05) is 31.2 Å². The molecule has 4 rings (SSSR count). The summed E-state index contributed by atoms with van der Waals surface area (Å²) in [4.78, 5) is 13.9. The summed E-state index contributed by atoms with van der Waals surface area (Å²) in [5.74, 6) is 0.323. The van der Waals surface area contributed by atoms with Crippen LogP contribution in [0.15, 0.2) is 24.3 Å². The van der Waals surface area contributed by atoms with E-state index in [0.29, 0.717) is 43.3 Å². The maximum Gasteiger partial charge on any atom is 0.416 e. The van der Waals surface area contributed by atoms with Gasteiger partial charge in [0.1, 0.15) is 0 Å². The minimum absolute atomic E-state index is 0. The third kappa shape index (κ3) is 5.05. The van der Waals surface area contributed by atoms with E-state index in [4.69, 9.17) is 4.74 Å². The first kappa shape index (κ1) is 22.3. The number of hydrogen-bond donors (Lipinski definition) is 2. The van der Waals surface area contributed by atoms with Crippen LogP contribution in [0.1, 0.15) is 31.2 Å². The molecule has 1 aliphatic carbocycles. The molecule has 0 radical (unpaired) electrons. The lowest BCUT2D eigenvalue weighted by atomic mass is 9.93. The Kier molecular flexibility index (Phi) is 7.09. The average Bonchev–Trinajstić information content (AvgIpc) is 3.28. The molecule has 1 aromatic carbocycles. The molecule has 2 heterocycles. The summed E-state index contributed by atoms with van der Waals surface area (Å²) in [5.41, 5.74) is -0.414. The summed E-state index contributed by atoms with van der Waals surface area (Å²) in [7, 11) is 0. The Morgan fingerprint density at radius 2 is 2.07 bits per heavy atom. The molecule has 0 aromatic heterocycles. The van der Waals surface area contributed by atoms with E-state index in [1.54, 1.807) is 6.07 Å². The molecule has 2 N–H and O–H groups in total. The van der Waals surface area contributed by atoms with Crippen molar-refractivity contribution in [3.8, 4) is 0 Å². The number of morpholine rings is 1. The first-order valence-electron chi connectivity index (χ1n) is 9.96. The second-order valence-corrected chi connectivity index (χ2v) is 7.96. The van der Waals surface area contributed by atoms with Crippen LogP contribution in [0.2, 0.25) is 0 Å². The molecule has 9 heteroatoms. The molecule has 1 amide bonds. The first-order valence-corrected chi connectivity index (χ1v) is 9.96. The van der Waals surface area contributed by atoms with Crippen LogP contribution in [0.4, 0.5) is 18.9 Å². The second kappa shape index (κ2) is 9.20. The van der Waals surface area contributed by atoms with Crippen LogP contribution in [0, 0.1) is 5.92 Å². The van der Waals surface area contributed by atoms with Gasteiger partial charge in [-0.1, -0.05) is 12.5 Å². The summed E-state index contributed by atoms with van der Waals surface area (Å²) >= 11 is 0. The van der Waals surface area contributed by atoms with Crippen molar-refractivity contribution in [3.05, 3.63) is 29.8 Å². The number of nitrogens with one attached hydrogen (secondary N) is 2. The highest BCUT2D eigenvalue weighted by atomic mass is 35.5. The molecular weight excluding hydrogens is 407 g/mol. The predicted octanol–water partition coefficient (Wildman–Crippen LogP) is 2.98. The standard InChI is InChI=1S/C20H26F3N3O2.ClH/c21-20(22,23)13-3-1-4-15(9-13)26-11-14(10-19(26)27)25-17-6-2-5-16(17)18-12-28-8-7-24-18;/h1,3-4,9,14,16-18,24-25H,2,5-8,10-12H2;1H. The van der Waals surface area contributed by atoms with Crippen molar-refractivity contribution in [3.63, 3.8) is 0 Å². The molecule has 2 saturated heterocycles. The molecule has 162 valence electrons. The Balaban J connectivity index is 0.00000240. The maximum absolute atomic E-state index is 13.0. The Hall–Kier alpha value is -1.35. The number of hydrogen-bond acceptors (Lipinski definition) is 4. The number of benzene rings is 1. The molecule has 29 heavy (non-hydrogen) atoms. The van der Waals surface area contributed by atoms with Crippen molar-refractivity contribution in [1.82, 2.24) is 10.6 Å². The number of anilines is 1. The van der Waals surface area contributed by atoms with Gasteiger partial charge in [-0.25, -0.2) is 0 Å². The summed E-state index contributed by atoms with van der Waals surface area (Å²) in [6, 6.07) is 5.59. The topological polar surface area (TPSA) is 53.6 Å². The lowest BCUT2D eigenvalue weighted by Gasteiger charge is -2.34. The SMILES string of the molecule is Cl.O=C1CC(NC2CCCC2C2COCCN2)CN1c1cccc(C(F)(F)F)c1. The van der Waals surface area contributed by atoms with Gasteiger partial charge in [0.25, 0.3) is 0 Å². The van der Waals surface area contributed by atoms with E-state index in [1.165, 1.54) is 11.0 Å².